The van der Waals surface area contributed by atoms with Crippen molar-refractivity contribution < 1.29 is 4.42 Å². The van der Waals surface area contributed by atoms with E-state index in [-0.39, 0.29) is 0 Å². The highest BCUT2D eigenvalue weighted by molar-refractivity contribution is 6.15. The SMILES string of the molecule is c1ccc2cc(-c3ccc4ccccc4c3-c3ccc(N(c4ccc(-c5ccc(-c6cccc7oc8ccccc8c67)cc5)cc4)c4cc5ccccc5c5ccccc45)cc3)ccc2c1. The van der Waals surface area contributed by atoms with E-state index in [2.05, 4.69) is 241 Å². The number of benzene rings is 12. The predicted octanol–water partition coefficient (Wildman–Crippen LogP) is 18.3. The minimum absolute atomic E-state index is 0.908. The maximum atomic E-state index is 6.22. The lowest BCUT2D eigenvalue weighted by Gasteiger charge is -2.28. The van der Waals surface area contributed by atoms with E-state index in [4.69, 9.17) is 4.42 Å². The van der Waals surface area contributed by atoms with E-state index in [0.29, 0.717) is 0 Å². The van der Waals surface area contributed by atoms with Gasteiger partial charge in [-0.1, -0.05) is 200 Å². The molecule has 0 spiro atoms. The van der Waals surface area contributed by atoms with Crippen LogP contribution in [0.1, 0.15) is 0 Å². The second kappa shape index (κ2) is 15.5. The first-order chi connectivity index (χ1) is 32.7. The Labute approximate surface area is 382 Å². The number of rotatable bonds is 7. The molecule has 0 bridgehead atoms. The highest BCUT2D eigenvalue weighted by Gasteiger charge is 2.20. The van der Waals surface area contributed by atoms with Gasteiger partial charge in [0.25, 0.3) is 0 Å². The van der Waals surface area contributed by atoms with Gasteiger partial charge in [-0.2, -0.15) is 0 Å². The molecule has 0 aliphatic carbocycles. The summed E-state index contributed by atoms with van der Waals surface area (Å²) in [5, 5.41) is 12.1. The summed E-state index contributed by atoms with van der Waals surface area (Å²) < 4.78 is 6.22. The fourth-order valence-electron chi connectivity index (χ4n) is 10.3. The van der Waals surface area contributed by atoms with Crippen molar-refractivity contribution >= 4 is 82.1 Å². The van der Waals surface area contributed by atoms with Crippen molar-refractivity contribution in [2.75, 3.05) is 4.90 Å². The molecular weight excluding hydrogens is 799 g/mol. The Morgan fingerprint density at radius 1 is 0.273 bits per heavy atom. The molecular formula is C64H41NO. The van der Waals surface area contributed by atoms with Gasteiger partial charge >= 0.3 is 0 Å². The molecule has 0 aliphatic heterocycles. The Morgan fingerprint density at radius 2 is 0.803 bits per heavy atom. The Hall–Kier alpha value is -8.72. The van der Waals surface area contributed by atoms with Gasteiger partial charge in [-0.05, 0) is 131 Å². The van der Waals surface area contributed by atoms with Crippen LogP contribution in [0.2, 0.25) is 0 Å². The van der Waals surface area contributed by atoms with Crippen LogP contribution in [0, 0.1) is 0 Å². The minimum atomic E-state index is 0.908. The Morgan fingerprint density at radius 3 is 1.56 bits per heavy atom. The zero-order valence-electron chi connectivity index (χ0n) is 36.0. The summed E-state index contributed by atoms with van der Waals surface area (Å²) in [4.78, 5) is 2.43. The van der Waals surface area contributed by atoms with Crippen molar-refractivity contribution in [3.63, 3.8) is 0 Å². The molecule has 66 heavy (non-hydrogen) atoms. The zero-order valence-corrected chi connectivity index (χ0v) is 36.0. The van der Waals surface area contributed by atoms with E-state index in [9.17, 15) is 0 Å². The van der Waals surface area contributed by atoms with Gasteiger partial charge in [0, 0.05) is 27.5 Å². The van der Waals surface area contributed by atoms with Crippen LogP contribution in [0.3, 0.4) is 0 Å². The van der Waals surface area contributed by atoms with Crippen LogP contribution in [0.4, 0.5) is 17.1 Å². The van der Waals surface area contributed by atoms with Gasteiger partial charge < -0.3 is 9.32 Å². The smallest absolute Gasteiger partial charge is 0.136 e. The third kappa shape index (κ3) is 6.34. The fourth-order valence-corrected chi connectivity index (χ4v) is 10.3. The van der Waals surface area contributed by atoms with Gasteiger partial charge in [0.05, 0.1) is 5.69 Å². The molecule has 1 aromatic heterocycles. The van der Waals surface area contributed by atoms with Gasteiger partial charge in [-0.15, -0.1) is 0 Å². The van der Waals surface area contributed by atoms with E-state index in [1.165, 1.54) is 82.0 Å². The average Bonchev–Trinajstić information content (AvgIpc) is 3.78. The standard InChI is InChI=1S/C64H41NO/c1-2-14-48-40-50(29-26-42(48)12-1)56-39-34-45-13-3-6-17-54(45)63(56)47-32-37-52(38-33-47)65(60-41-49-15-4-5-16-53(49)57-18-7-8-19-58(57)60)51-35-30-44(31-36-51)43-24-27-46(28-25-43)55-21-11-23-62-64(55)59-20-9-10-22-61(59)66-62/h1-41H. The van der Waals surface area contributed by atoms with Crippen LogP contribution >= 0.6 is 0 Å². The molecule has 0 atom stereocenters. The number of hydrogen-bond acceptors (Lipinski definition) is 2. The van der Waals surface area contributed by atoms with Crippen LogP contribution in [0.25, 0.3) is 110 Å². The number of anilines is 3. The molecule has 0 N–H and O–H groups in total. The fraction of sp³-hybridized carbons (Fsp3) is 0. The summed E-state index contributed by atoms with van der Waals surface area (Å²) in [7, 11) is 0. The number of hydrogen-bond donors (Lipinski definition) is 0. The van der Waals surface area contributed by atoms with Gasteiger partial charge in [-0.25, -0.2) is 0 Å². The second-order valence-corrected chi connectivity index (χ2v) is 17.2. The van der Waals surface area contributed by atoms with Crippen LogP contribution < -0.4 is 4.90 Å². The highest BCUT2D eigenvalue weighted by Crippen LogP contribution is 2.45. The van der Waals surface area contributed by atoms with Crippen molar-refractivity contribution in [3.05, 3.63) is 249 Å². The van der Waals surface area contributed by atoms with E-state index in [0.717, 1.165) is 44.6 Å². The normalized spacial score (nSPS) is 11.6. The zero-order chi connectivity index (χ0) is 43.6. The first-order valence-corrected chi connectivity index (χ1v) is 22.7. The van der Waals surface area contributed by atoms with Gasteiger partial charge in [-0.3, -0.25) is 0 Å². The maximum Gasteiger partial charge on any atom is 0.136 e. The molecule has 12 aromatic carbocycles. The molecule has 0 aliphatic rings. The lowest BCUT2D eigenvalue weighted by molar-refractivity contribution is 0.669. The van der Waals surface area contributed by atoms with E-state index < -0.39 is 0 Å². The van der Waals surface area contributed by atoms with E-state index >= 15 is 0 Å². The highest BCUT2D eigenvalue weighted by atomic mass is 16.3. The van der Waals surface area contributed by atoms with E-state index in [1.807, 2.05) is 12.1 Å². The summed E-state index contributed by atoms with van der Waals surface area (Å²) in [5.41, 5.74) is 14.6. The number of furan rings is 1. The molecule has 0 fully saturated rings. The summed E-state index contributed by atoms with van der Waals surface area (Å²) in [6.45, 7) is 0. The van der Waals surface area contributed by atoms with Gasteiger partial charge in [0.15, 0.2) is 0 Å². The van der Waals surface area contributed by atoms with Crippen molar-refractivity contribution in [2.24, 2.45) is 0 Å². The molecule has 2 nitrogen and oxygen atoms in total. The molecule has 0 amide bonds. The lowest BCUT2D eigenvalue weighted by Crippen LogP contribution is -2.10. The minimum Gasteiger partial charge on any atom is -0.456 e. The molecule has 0 radical (unpaired) electrons. The average molecular weight is 840 g/mol. The predicted molar refractivity (Wildman–Crippen MR) is 280 cm³/mol. The topological polar surface area (TPSA) is 16.4 Å². The van der Waals surface area contributed by atoms with Crippen molar-refractivity contribution in [3.8, 4) is 44.5 Å². The molecule has 0 unspecified atom stereocenters. The molecule has 0 saturated heterocycles. The Bertz CT molecular complexity index is 3970. The molecule has 2 heteroatoms. The number of fused-ring (bicyclic) bond motifs is 8. The molecule has 0 saturated carbocycles. The Kier molecular flexibility index (Phi) is 8.89. The molecule has 13 aromatic rings. The summed E-state index contributed by atoms with van der Waals surface area (Å²) in [6, 6.07) is 90.4. The van der Waals surface area contributed by atoms with Crippen molar-refractivity contribution in [1.82, 2.24) is 0 Å². The van der Waals surface area contributed by atoms with Gasteiger partial charge in [0.2, 0.25) is 0 Å². The monoisotopic (exact) mass is 839 g/mol. The third-order valence-corrected chi connectivity index (χ3v) is 13.4. The maximum absolute atomic E-state index is 6.22. The third-order valence-electron chi connectivity index (χ3n) is 13.4. The first kappa shape index (κ1) is 37.8. The van der Waals surface area contributed by atoms with Crippen molar-refractivity contribution in [2.45, 2.75) is 0 Å². The number of nitrogens with zero attached hydrogens (tertiary/aromatic N) is 1. The summed E-state index contributed by atoms with van der Waals surface area (Å²) >= 11 is 0. The van der Waals surface area contributed by atoms with Gasteiger partial charge in [0.1, 0.15) is 11.2 Å². The van der Waals surface area contributed by atoms with Crippen molar-refractivity contribution in [1.29, 1.82) is 0 Å². The first-order valence-electron chi connectivity index (χ1n) is 22.7. The summed E-state index contributed by atoms with van der Waals surface area (Å²) in [6.07, 6.45) is 0. The largest absolute Gasteiger partial charge is 0.456 e. The molecule has 13 rings (SSSR count). The van der Waals surface area contributed by atoms with Crippen LogP contribution in [-0.4, -0.2) is 0 Å². The van der Waals surface area contributed by atoms with E-state index in [1.54, 1.807) is 0 Å². The molecule has 1 heterocycles. The number of para-hydroxylation sites is 1. The Balaban J connectivity index is 0.920. The molecule has 308 valence electrons. The lowest BCUT2D eigenvalue weighted by atomic mass is 9.89. The quantitative estimate of drug-likeness (QED) is 0.149. The van der Waals surface area contributed by atoms with Crippen LogP contribution in [-0.2, 0) is 0 Å². The van der Waals surface area contributed by atoms with Crippen LogP contribution in [0.15, 0.2) is 253 Å². The second-order valence-electron chi connectivity index (χ2n) is 17.2. The summed E-state index contributed by atoms with van der Waals surface area (Å²) in [5.74, 6) is 0. The van der Waals surface area contributed by atoms with Crippen LogP contribution in [0.5, 0.6) is 0 Å².